The van der Waals surface area contributed by atoms with Crippen molar-refractivity contribution in [3.63, 3.8) is 0 Å². The van der Waals surface area contributed by atoms with Gasteiger partial charge in [-0.1, -0.05) is 12.1 Å². The average Bonchev–Trinajstić information content (AvgIpc) is 2.68. The number of benzene rings is 2. The van der Waals surface area contributed by atoms with Crippen molar-refractivity contribution >= 4 is 56.6 Å². The molecule has 0 atom stereocenters. The van der Waals surface area contributed by atoms with Crippen LogP contribution in [0.4, 0.5) is 72.8 Å². The van der Waals surface area contributed by atoms with Crippen LogP contribution in [0.1, 0.15) is 11.1 Å². The van der Waals surface area contributed by atoms with Gasteiger partial charge in [-0.2, -0.15) is 52.7 Å². The van der Waals surface area contributed by atoms with Gasteiger partial charge in [-0.25, -0.2) is 8.78 Å². The topological polar surface area (TPSA) is 52.0 Å². The van der Waals surface area contributed by atoms with Crippen LogP contribution in [0.3, 0.4) is 0 Å². The summed E-state index contributed by atoms with van der Waals surface area (Å²) in [5.74, 6) is 0. The summed E-state index contributed by atoms with van der Waals surface area (Å²) in [6, 6.07) is 3.13. The van der Waals surface area contributed by atoms with E-state index >= 15 is 0 Å². The van der Waals surface area contributed by atoms with Gasteiger partial charge in [0.15, 0.2) is 0 Å². The molecule has 0 aromatic heterocycles. The summed E-state index contributed by atoms with van der Waals surface area (Å²) >= 11 is 2.88. The average molecular weight is 774 g/mol. The summed E-state index contributed by atoms with van der Waals surface area (Å²) in [7, 11) is 0. The molecule has 4 N–H and O–H groups in total. The maximum atomic E-state index is 13.7. The highest BCUT2D eigenvalue weighted by molar-refractivity contribution is 14.1. The summed E-state index contributed by atoms with van der Waals surface area (Å²) in [4.78, 5) is 0. The molecule has 0 heterocycles. The lowest BCUT2D eigenvalue weighted by atomic mass is 9.94. The Bertz CT molecular complexity index is 1000. The predicted octanol–water partition coefficient (Wildman–Crippen LogP) is 8.33. The lowest BCUT2D eigenvalue weighted by molar-refractivity contribution is -0.349. The van der Waals surface area contributed by atoms with Crippen molar-refractivity contribution in [1.29, 1.82) is 0 Å². The lowest BCUT2D eigenvalue weighted by Crippen LogP contribution is -2.50. The molecule has 2 aromatic carbocycles. The van der Waals surface area contributed by atoms with E-state index in [2.05, 4.69) is 0 Å². The van der Waals surface area contributed by atoms with Crippen LogP contribution >= 0.6 is 45.2 Å². The van der Waals surface area contributed by atoms with Gasteiger partial charge in [0.05, 0.1) is 5.69 Å². The SMILES string of the molecule is Nc1c(I)cc(C(F)(C(F)(F)F)C(F)(F)F)cc1I.Nc1ccc(C(F)(C(F)(F)F)C(F)(F)F)cc1. The summed E-state index contributed by atoms with van der Waals surface area (Å²) in [5, 5.41) is 0. The molecule has 0 aliphatic carbocycles. The first-order valence-corrected chi connectivity index (χ1v) is 10.7. The smallest absolute Gasteiger partial charge is 0.399 e. The number of nitrogen functional groups attached to an aromatic ring is 2. The van der Waals surface area contributed by atoms with E-state index < -0.39 is 47.2 Å². The van der Waals surface area contributed by atoms with E-state index in [1.54, 1.807) is 0 Å². The van der Waals surface area contributed by atoms with Gasteiger partial charge in [0.1, 0.15) is 0 Å². The van der Waals surface area contributed by atoms with E-state index in [0.717, 1.165) is 12.1 Å². The number of nitrogens with two attached hydrogens (primary N) is 2. The normalized spacial score (nSPS) is 13.8. The van der Waals surface area contributed by atoms with Crippen LogP contribution in [-0.4, -0.2) is 24.7 Å². The van der Waals surface area contributed by atoms with Gasteiger partial charge in [0.25, 0.3) is 0 Å². The monoisotopic (exact) mass is 774 g/mol. The Labute approximate surface area is 219 Å². The number of hydrogen-bond donors (Lipinski definition) is 2. The first-order valence-electron chi connectivity index (χ1n) is 8.58. The molecule has 18 heteroatoms. The molecule has 0 amide bonds. The Hall–Kier alpha value is -1.48. The third kappa shape index (κ3) is 6.14. The van der Waals surface area contributed by atoms with Gasteiger partial charge in [-0.05, 0) is 69.4 Å². The van der Waals surface area contributed by atoms with Gasteiger partial charge in [0.2, 0.25) is 0 Å². The lowest BCUT2D eigenvalue weighted by Gasteiger charge is -2.30. The summed E-state index contributed by atoms with van der Waals surface area (Å²) < 4.78 is 176. The molecule has 204 valence electrons. The van der Waals surface area contributed by atoms with Crippen LogP contribution in [0.2, 0.25) is 0 Å². The van der Waals surface area contributed by atoms with Crippen molar-refractivity contribution < 1.29 is 61.5 Å². The predicted molar refractivity (Wildman–Crippen MR) is 117 cm³/mol. The maximum Gasteiger partial charge on any atom is 0.435 e. The largest absolute Gasteiger partial charge is 0.435 e. The fraction of sp³-hybridized carbons (Fsp3) is 0.333. The number of halogens is 16. The number of rotatable bonds is 2. The minimum Gasteiger partial charge on any atom is -0.399 e. The van der Waals surface area contributed by atoms with Crippen LogP contribution in [0, 0.1) is 7.14 Å². The molecule has 0 unspecified atom stereocenters. The van der Waals surface area contributed by atoms with Crippen LogP contribution in [0.25, 0.3) is 0 Å². The van der Waals surface area contributed by atoms with Crippen molar-refractivity contribution in [3.05, 3.63) is 54.7 Å². The zero-order chi connectivity index (χ0) is 28.7. The molecule has 2 rings (SSSR count). The molecule has 0 saturated heterocycles. The van der Waals surface area contributed by atoms with Gasteiger partial charge < -0.3 is 11.5 Å². The molecule has 0 spiro atoms. The molecule has 2 aromatic rings. The molecule has 0 radical (unpaired) electrons. The molecule has 0 aliphatic rings. The van der Waals surface area contributed by atoms with Gasteiger partial charge >= 0.3 is 36.0 Å². The van der Waals surface area contributed by atoms with Crippen molar-refractivity contribution in [1.82, 2.24) is 0 Å². The molecule has 2 nitrogen and oxygen atoms in total. The molecule has 0 bridgehead atoms. The van der Waals surface area contributed by atoms with Crippen molar-refractivity contribution in [2.24, 2.45) is 0 Å². The van der Waals surface area contributed by atoms with Crippen molar-refractivity contribution in [3.8, 4) is 0 Å². The maximum absolute atomic E-state index is 13.7. The Morgan fingerprint density at radius 3 is 1.03 bits per heavy atom. The number of alkyl halides is 14. The number of hydrogen-bond acceptors (Lipinski definition) is 2. The molecule has 36 heavy (non-hydrogen) atoms. The van der Waals surface area contributed by atoms with Crippen LogP contribution in [-0.2, 0) is 11.3 Å². The van der Waals surface area contributed by atoms with E-state index in [4.69, 9.17) is 11.5 Å². The van der Waals surface area contributed by atoms with Gasteiger partial charge in [-0.15, -0.1) is 0 Å². The second-order valence-electron chi connectivity index (χ2n) is 6.78. The van der Waals surface area contributed by atoms with E-state index in [9.17, 15) is 61.5 Å². The van der Waals surface area contributed by atoms with E-state index in [-0.39, 0.29) is 18.5 Å². The zero-order valence-electron chi connectivity index (χ0n) is 16.7. The fourth-order valence-corrected chi connectivity index (χ4v) is 4.24. The third-order valence-electron chi connectivity index (χ3n) is 4.35. The highest BCUT2D eigenvalue weighted by Crippen LogP contribution is 2.54. The first-order chi connectivity index (χ1) is 15.8. The summed E-state index contributed by atoms with van der Waals surface area (Å²) in [5.41, 5.74) is -3.46. The second kappa shape index (κ2) is 10.4. The quantitative estimate of drug-likeness (QED) is 0.183. The van der Waals surface area contributed by atoms with E-state index in [0.29, 0.717) is 24.3 Å². The first kappa shape index (κ1) is 32.5. The Morgan fingerprint density at radius 1 is 0.472 bits per heavy atom. The van der Waals surface area contributed by atoms with Crippen molar-refractivity contribution in [2.45, 2.75) is 36.0 Å². The Morgan fingerprint density at radius 2 is 0.750 bits per heavy atom. The van der Waals surface area contributed by atoms with Crippen LogP contribution in [0.15, 0.2) is 36.4 Å². The molecule has 0 aliphatic heterocycles. The molecule has 0 fully saturated rings. The fourth-order valence-electron chi connectivity index (χ4n) is 2.47. The van der Waals surface area contributed by atoms with Crippen LogP contribution in [0.5, 0.6) is 0 Å². The highest BCUT2D eigenvalue weighted by atomic mass is 127. The van der Waals surface area contributed by atoms with E-state index in [1.807, 2.05) is 0 Å². The van der Waals surface area contributed by atoms with Gasteiger partial charge in [-0.3, -0.25) is 0 Å². The Kier molecular flexibility index (Phi) is 9.36. The van der Waals surface area contributed by atoms with Crippen molar-refractivity contribution in [2.75, 3.05) is 11.5 Å². The highest BCUT2D eigenvalue weighted by Gasteiger charge is 2.74. The minimum absolute atomic E-state index is 0.00310. The third-order valence-corrected chi connectivity index (χ3v) is 6.13. The summed E-state index contributed by atoms with van der Waals surface area (Å²) in [6.07, 6.45) is -24.4. The van der Waals surface area contributed by atoms with E-state index in [1.165, 1.54) is 45.2 Å². The minimum atomic E-state index is -6.12. The molecular formula is C18H10F14I2N2. The summed E-state index contributed by atoms with van der Waals surface area (Å²) in [6.45, 7) is 0. The Balaban J connectivity index is 0.000000362. The second-order valence-corrected chi connectivity index (χ2v) is 9.11. The number of anilines is 2. The molecule has 0 saturated carbocycles. The molecular weight excluding hydrogens is 764 g/mol. The van der Waals surface area contributed by atoms with Crippen LogP contribution < -0.4 is 11.5 Å². The zero-order valence-corrected chi connectivity index (χ0v) is 21.0. The standard InChI is InChI=1S/C9H4F7I2N.C9H6F7N/c10-7(8(11,12)13,9(14,15)16)3-1-4(17)6(19)5(18)2-3;10-7(8(11,12)13,9(14,15)16)5-1-3-6(17)4-2-5/h1-2H,19H2;1-4H,17H2. The van der Waals surface area contributed by atoms with Gasteiger partial charge in [0, 0.05) is 24.0 Å².